The molecule has 0 bridgehead atoms. The van der Waals surface area contributed by atoms with Gasteiger partial charge in [0, 0.05) is 11.1 Å². The van der Waals surface area contributed by atoms with E-state index in [9.17, 15) is 19.8 Å². The zero-order valence-corrected chi connectivity index (χ0v) is 20.4. The Bertz CT molecular complexity index is 1240. The fraction of sp³-hybridized carbons (Fsp3) is 0. The Morgan fingerprint density at radius 2 is 0.865 bits per heavy atom. The van der Waals surface area contributed by atoms with Crippen LogP contribution in [-0.2, 0) is 16.5 Å². The minimum absolute atomic E-state index is 0. The first-order valence-electron chi connectivity index (χ1n) is 10.8. The van der Waals surface area contributed by atoms with Crippen LogP contribution in [0.2, 0.25) is 0 Å². The van der Waals surface area contributed by atoms with Crippen LogP contribution < -0.4 is 21.1 Å². The summed E-state index contributed by atoms with van der Waals surface area (Å²) in [5.41, 5.74) is 6.64. The topological polar surface area (TPSA) is 129 Å². The maximum Gasteiger partial charge on any atom is 2.00 e. The van der Waals surface area contributed by atoms with E-state index in [-0.39, 0.29) is 39.8 Å². The van der Waals surface area contributed by atoms with Crippen molar-refractivity contribution < 1.29 is 36.3 Å². The Hall–Kier alpha value is -4.75. The number of hydrazone groups is 2. The minimum atomic E-state index is -0.310. The van der Waals surface area contributed by atoms with Crippen LogP contribution >= 0.6 is 0 Å². The molecule has 0 aromatic heterocycles. The number of carbonyl (C=O) groups is 2. The maximum absolute atomic E-state index is 11.6. The van der Waals surface area contributed by atoms with Gasteiger partial charge in [0.05, 0.1) is 12.4 Å². The molecule has 37 heavy (non-hydrogen) atoms. The number of para-hydroxylation sites is 2. The first-order valence-corrected chi connectivity index (χ1v) is 10.8. The molecule has 0 saturated carbocycles. The third kappa shape index (κ3) is 9.43. The molecule has 9 heteroatoms. The third-order valence-corrected chi connectivity index (χ3v) is 4.65. The summed E-state index contributed by atoms with van der Waals surface area (Å²) in [6.07, 6.45) is 2.67. The molecule has 4 aromatic rings. The van der Waals surface area contributed by atoms with Crippen molar-refractivity contribution in [2.75, 3.05) is 0 Å². The molecular weight excluding hydrogens is 515 g/mol. The van der Waals surface area contributed by atoms with E-state index in [2.05, 4.69) is 21.1 Å². The summed E-state index contributed by atoms with van der Waals surface area (Å²) >= 11 is 0. The number of rotatable bonds is 6. The van der Waals surface area contributed by atoms with E-state index in [4.69, 9.17) is 0 Å². The Balaban J connectivity index is 0.000000253. The molecule has 2 N–H and O–H groups in total. The van der Waals surface area contributed by atoms with Gasteiger partial charge >= 0.3 is 16.5 Å². The Morgan fingerprint density at radius 3 is 1.22 bits per heavy atom. The number of benzene rings is 4. The predicted molar refractivity (Wildman–Crippen MR) is 135 cm³/mol. The molecule has 4 aromatic carbocycles. The largest absolute Gasteiger partial charge is 2.00 e. The first kappa shape index (κ1) is 28.5. The van der Waals surface area contributed by atoms with Crippen LogP contribution in [0.15, 0.2) is 119 Å². The zero-order valence-electron chi connectivity index (χ0n) is 19.4. The molecule has 8 nitrogen and oxygen atoms in total. The van der Waals surface area contributed by atoms with E-state index in [0.717, 1.165) is 0 Å². The maximum atomic E-state index is 11.6. The van der Waals surface area contributed by atoms with Gasteiger partial charge in [-0.2, -0.15) is 10.2 Å². The molecule has 2 amide bonds. The van der Waals surface area contributed by atoms with Gasteiger partial charge in [0.2, 0.25) is 0 Å². The van der Waals surface area contributed by atoms with Crippen molar-refractivity contribution in [3.05, 3.63) is 131 Å². The molecule has 0 aliphatic rings. The number of nitrogens with zero attached hydrogens (tertiary/aromatic N) is 2. The zero-order chi connectivity index (χ0) is 25.6. The van der Waals surface area contributed by atoms with Gasteiger partial charge < -0.3 is 10.2 Å². The monoisotopic (exact) mass is 536 g/mol. The molecule has 0 fully saturated rings. The second kappa shape index (κ2) is 15.3. The molecule has 0 atom stereocenters. The average Bonchev–Trinajstić information content (AvgIpc) is 2.92. The van der Waals surface area contributed by atoms with Crippen molar-refractivity contribution in [2.45, 2.75) is 0 Å². The molecule has 0 aliphatic heterocycles. The number of carbonyl (C=O) groups excluding carboxylic acids is 2. The van der Waals surface area contributed by atoms with E-state index in [0.29, 0.717) is 22.3 Å². The quantitative estimate of drug-likeness (QED) is 0.223. The van der Waals surface area contributed by atoms with Crippen molar-refractivity contribution in [3.8, 4) is 11.5 Å². The van der Waals surface area contributed by atoms with Crippen LogP contribution in [0.25, 0.3) is 0 Å². The summed E-state index contributed by atoms with van der Waals surface area (Å²) in [4.78, 5) is 23.2. The molecule has 0 spiro atoms. The molecule has 0 aliphatic carbocycles. The summed E-state index contributed by atoms with van der Waals surface area (Å²) in [5, 5.41) is 30.2. The standard InChI is InChI=1S/2C14H12N2O2.Ni/c2*17-13-9-5-4-8-12(13)10-15-16-14(18)11-6-2-1-3-7-11;/h2*1-10,17H,(H,16,18);/q;;+2/p-2/b15-10+;;. The van der Waals surface area contributed by atoms with Crippen LogP contribution in [0.3, 0.4) is 0 Å². The molecule has 188 valence electrons. The molecule has 4 rings (SSSR count). The predicted octanol–water partition coefficient (Wildman–Crippen LogP) is 3.05. The van der Waals surface area contributed by atoms with E-state index < -0.39 is 0 Å². The summed E-state index contributed by atoms with van der Waals surface area (Å²) in [7, 11) is 0. The molecule has 0 unspecified atom stereocenters. The second-order valence-electron chi connectivity index (χ2n) is 7.21. The molecule has 0 heterocycles. The van der Waals surface area contributed by atoms with Crippen molar-refractivity contribution >= 4 is 24.2 Å². The SMILES string of the molecule is O=C(N/N=C/c1ccccc1[O-])c1ccccc1.O=C(NN=Cc1ccccc1[O-])c1ccccc1.[Ni+2]. The van der Waals surface area contributed by atoms with Crippen molar-refractivity contribution in [1.29, 1.82) is 0 Å². The van der Waals surface area contributed by atoms with Gasteiger partial charge in [-0.1, -0.05) is 96.4 Å². The van der Waals surface area contributed by atoms with Gasteiger partial charge in [-0.05, 0) is 35.4 Å². The molecule has 0 saturated heterocycles. The number of nitrogens with one attached hydrogen (secondary N) is 2. The number of hydrogen-bond acceptors (Lipinski definition) is 6. The van der Waals surface area contributed by atoms with E-state index in [1.807, 2.05) is 12.1 Å². The fourth-order valence-corrected chi connectivity index (χ4v) is 2.80. The smallest absolute Gasteiger partial charge is 0.872 e. The Labute approximate surface area is 224 Å². The third-order valence-electron chi connectivity index (χ3n) is 4.65. The van der Waals surface area contributed by atoms with Crippen LogP contribution in [0, 0.1) is 0 Å². The average molecular weight is 537 g/mol. The summed E-state index contributed by atoms with van der Waals surface area (Å²) in [5.74, 6) is -0.879. The second-order valence-corrected chi connectivity index (χ2v) is 7.21. The molecular formula is C28H22N4NiO4. The van der Waals surface area contributed by atoms with Crippen LogP contribution in [-0.4, -0.2) is 24.2 Å². The number of hydrogen-bond donors (Lipinski definition) is 2. The number of amides is 2. The van der Waals surface area contributed by atoms with Crippen LogP contribution in [0.4, 0.5) is 0 Å². The van der Waals surface area contributed by atoms with E-state index in [1.165, 1.54) is 24.6 Å². The van der Waals surface area contributed by atoms with Crippen molar-refractivity contribution in [2.24, 2.45) is 10.2 Å². The Kier molecular flexibility index (Phi) is 11.8. The first-order chi connectivity index (χ1) is 17.5. The van der Waals surface area contributed by atoms with Gasteiger partial charge in [-0.25, -0.2) is 10.9 Å². The summed E-state index contributed by atoms with van der Waals surface area (Å²) < 4.78 is 0. The van der Waals surface area contributed by atoms with Gasteiger partial charge in [0.25, 0.3) is 11.8 Å². The van der Waals surface area contributed by atoms with E-state index >= 15 is 0 Å². The fourth-order valence-electron chi connectivity index (χ4n) is 2.80. The molecule has 0 radical (unpaired) electrons. The minimum Gasteiger partial charge on any atom is -0.872 e. The summed E-state index contributed by atoms with van der Waals surface area (Å²) in [6, 6.07) is 30.4. The van der Waals surface area contributed by atoms with E-state index in [1.54, 1.807) is 84.9 Å². The Morgan fingerprint density at radius 1 is 0.541 bits per heavy atom. The van der Waals surface area contributed by atoms with Gasteiger partial charge in [0.15, 0.2) is 0 Å². The van der Waals surface area contributed by atoms with Crippen molar-refractivity contribution in [1.82, 2.24) is 10.9 Å². The van der Waals surface area contributed by atoms with Crippen LogP contribution in [0.1, 0.15) is 31.8 Å². The summed E-state index contributed by atoms with van der Waals surface area (Å²) in [6.45, 7) is 0. The van der Waals surface area contributed by atoms with Crippen molar-refractivity contribution in [3.63, 3.8) is 0 Å². The van der Waals surface area contributed by atoms with Gasteiger partial charge in [-0.15, -0.1) is 0 Å². The van der Waals surface area contributed by atoms with Crippen LogP contribution in [0.5, 0.6) is 11.5 Å². The van der Waals surface area contributed by atoms with Gasteiger partial charge in [-0.3, -0.25) is 9.59 Å². The normalized spacial score (nSPS) is 10.2. The van der Waals surface area contributed by atoms with Gasteiger partial charge in [0.1, 0.15) is 0 Å².